The fourth-order valence-electron chi connectivity index (χ4n) is 2.71. The maximum absolute atomic E-state index is 13.9. The lowest BCUT2D eigenvalue weighted by Gasteiger charge is -2.13. The Morgan fingerprint density at radius 2 is 1.90 bits per heavy atom. The Hall–Kier alpha value is -2.78. The normalized spacial score (nSPS) is 11.3. The van der Waals surface area contributed by atoms with E-state index >= 15 is 0 Å². The van der Waals surface area contributed by atoms with Crippen LogP contribution in [0.25, 0.3) is 0 Å². The number of rotatable bonds is 6. The van der Waals surface area contributed by atoms with Gasteiger partial charge in [0.1, 0.15) is 10.7 Å². The van der Waals surface area contributed by atoms with Crippen LogP contribution >= 0.6 is 11.3 Å². The topological polar surface area (TPSA) is 88.2 Å². The average Bonchev–Trinajstić information content (AvgIpc) is 3.06. The quantitative estimate of drug-likeness (QED) is 0.598. The van der Waals surface area contributed by atoms with Gasteiger partial charge in [-0.15, -0.1) is 11.3 Å². The van der Waals surface area contributed by atoms with Crippen molar-refractivity contribution in [2.75, 3.05) is 10.0 Å². The summed E-state index contributed by atoms with van der Waals surface area (Å²) in [5, 5.41) is 3.57. The molecule has 152 valence electrons. The number of anilines is 2. The van der Waals surface area contributed by atoms with Gasteiger partial charge in [-0.2, -0.15) is 0 Å². The Morgan fingerprint density at radius 1 is 1.17 bits per heavy atom. The van der Waals surface area contributed by atoms with Crippen LogP contribution in [0.5, 0.6) is 0 Å². The maximum Gasteiger partial charge on any atom is 0.267 e. The summed E-state index contributed by atoms with van der Waals surface area (Å²) in [6.45, 7) is 5.34. The van der Waals surface area contributed by atoms with Crippen molar-refractivity contribution < 1.29 is 17.6 Å². The van der Waals surface area contributed by atoms with Crippen molar-refractivity contribution in [2.24, 2.45) is 0 Å². The third-order valence-corrected chi connectivity index (χ3v) is 7.01. The zero-order chi connectivity index (χ0) is 21.2. The van der Waals surface area contributed by atoms with E-state index in [0.29, 0.717) is 21.8 Å². The Kier molecular flexibility index (Phi) is 5.99. The third-order valence-electron chi connectivity index (χ3n) is 4.20. The van der Waals surface area contributed by atoms with Crippen LogP contribution < -0.4 is 10.0 Å². The van der Waals surface area contributed by atoms with Crippen LogP contribution in [0.1, 0.15) is 32.9 Å². The molecule has 1 heterocycles. The molecule has 0 atom stereocenters. The summed E-state index contributed by atoms with van der Waals surface area (Å²) < 4.78 is 41.7. The second-order valence-corrected chi connectivity index (χ2v) is 9.13. The molecule has 29 heavy (non-hydrogen) atoms. The molecule has 9 heteroatoms. The summed E-state index contributed by atoms with van der Waals surface area (Å²) in [6.07, 6.45) is 0.730. The molecule has 0 aliphatic heterocycles. The van der Waals surface area contributed by atoms with E-state index in [0.717, 1.165) is 11.4 Å². The number of carbonyl (C=O) groups is 1. The van der Waals surface area contributed by atoms with Crippen LogP contribution in [-0.2, 0) is 16.4 Å². The van der Waals surface area contributed by atoms with Crippen LogP contribution in [-0.4, -0.2) is 19.3 Å². The van der Waals surface area contributed by atoms with E-state index in [4.69, 9.17) is 0 Å². The number of hydrogen-bond acceptors (Lipinski definition) is 5. The highest BCUT2D eigenvalue weighted by atomic mass is 32.2. The first-order chi connectivity index (χ1) is 13.7. The minimum atomic E-state index is -4.05. The number of thiazole rings is 1. The van der Waals surface area contributed by atoms with Crippen molar-refractivity contribution in [1.29, 1.82) is 0 Å². The van der Waals surface area contributed by atoms with Crippen LogP contribution in [0.4, 0.5) is 15.8 Å². The highest BCUT2D eigenvalue weighted by molar-refractivity contribution is 7.92. The number of hydrogen-bond donors (Lipinski definition) is 2. The number of nitrogens with zero attached hydrogens (tertiary/aromatic N) is 1. The van der Waals surface area contributed by atoms with E-state index in [9.17, 15) is 17.6 Å². The lowest BCUT2D eigenvalue weighted by atomic mass is 10.2. The van der Waals surface area contributed by atoms with Crippen LogP contribution in [0, 0.1) is 19.7 Å². The summed E-state index contributed by atoms with van der Waals surface area (Å²) in [5.74, 6) is -1.03. The van der Waals surface area contributed by atoms with Crippen molar-refractivity contribution in [2.45, 2.75) is 32.1 Å². The SMILES string of the molecule is CCc1nc(C)c(C(=O)Nc2ccc(C)c(S(=O)(=O)Nc3ccccc3F)c2)s1. The lowest BCUT2D eigenvalue weighted by Crippen LogP contribution is -2.16. The molecule has 1 amide bonds. The Bertz CT molecular complexity index is 1170. The molecular formula is C20H20FN3O3S2. The van der Waals surface area contributed by atoms with E-state index in [-0.39, 0.29) is 16.5 Å². The second-order valence-electron chi connectivity index (χ2n) is 6.40. The highest BCUT2D eigenvalue weighted by Gasteiger charge is 2.21. The number of amides is 1. The molecule has 2 aromatic carbocycles. The van der Waals surface area contributed by atoms with Gasteiger partial charge in [0, 0.05) is 5.69 Å². The molecule has 0 spiro atoms. The number of halogens is 1. The Balaban J connectivity index is 1.88. The Labute approximate surface area is 172 Å². The standard InChI is InChI=1S/C20H20FN3O3S2/c1-4-18-22-13(3)19(28-18)20(25)23-14-10-9-12(2)17(11-14)29(26,27)24-16-8-6-5-7-15(16)21/h5-11,24H,4H2,1-3H3,(H,23,25). The minimum Gasteiger partial charge on any atom is -0.321 e. The summed E-state index contributed by atoms with van der Waals surface area (Å²) in [4.78, 5) is 17.4. The van der Waals surface area contributed by atoms with E-state index in [1.165, 1.54) is 41.7 Å². The van der Waals surface area contributed by atoms with E-state index in [1.807, 2.05) is 6.92 Å². The molecule has 0 saturated heterocycles. The summed E-state index contributed by atoms with van der Waals surface area (Å²) >= 11 is 1.31. The van der Waals surface area contributed by atoms with Crippen molar-refractivity contribution in [3.8, 4) is 0 Å². The number of aryl methyl sites for hydroxylation is 3. The summed E-state index contributed by atoms with van der Waals surface area (Å²) in [5.41, 5.74) is 1.27. The molecule has 3 rings (SSSR count). The smallest absolute Gasteiger partial charge is 0.267 e. The zero-order valence-electron chi connectivity index (χ0n) is 16.1. The predicted molar refractivity (Wildman–Crippen MR) is 113 cm³/mol. The fraction of sp³-hybridized carbons (Fsp3) is 0.200. The van der Waals surface area contributed by atoms with Gasteiger partial charge in [0.05, 0.1) is 21.3 Å². The number of para-hydroxylation sites is 1. The number of carbonyl (C=O) groups excluding carboxylic acids is 1. The summed E-state index contributed by atoms with van der Waals surface area (Å²) in [7, 11) is -4.05. The number of aromatic nitrogens is 1. The van der Waals surface area contributed by atoms with Gasteiger partial charge in [-0.25, -0.2) is 17.8 Å². The van der Waals surface area contributed by atoms with E-state index in [1.54, 1.807) is 26.0 Å². The number of benzene rings is 2. The first kappa shape index (κ1) is 20.9. The molecular weight excluding hydrogens is 413 g/mol. The van der Waals surface area contributed by atoms with E-state index in [2.05, 4.69) is 15.0 Å². The molecule has 0 radical (unpaired) electrons. The highest BCUT2D eigenvalue weighted by Crippen LogP contribution is 2.25. The molecule has 6 nitrogen and oxygen atoms in total. The van der Waals surface area contributed by atoms with Crippen molar-refractivity contribution in [3.63, 3.8) is 0 Å². The first-order valence-corrected chi connectivity index (χ1v) is 11.2. The summed E-state index contributed by atoms with van der Waals surface area (Å²) in [6, 6.07) is 10.1. The molecule has 0 bridgehead atoms. The predicted octanol–water partition coefficient (Wildman–Crippen LogP) is 4.51. The lowest BCUT2D eigenvalue weighted by molar-refractivity contribution is 0.102. The van der Waals surface area contributed by atoms with Crippen molar-refractivity contribution in [1.82, 2.24) is 4.98 Å². The van der Waals surface area contributed by atoms with Gasteiger partial charge >= 0.3 is 0 Å². The minimum absolute atomic E-state index is 0.0474. The first-order valence-electron chi connectivity index (χ1n) is 8.87. The molecule has 3 aromatic rings. The van der Waals surface area contributed by atoms with Gasteiger partial charge in [0.2, 0.25) is 0 Å². The second kappa shape index (κ2) is 8.30. The molecule has 0 aliphatic carbocycles. The van der Waals surface area contributed by atoms with Crippen LogP contribution in [0.2, 0.25) is 0 Å². The molecule has 1 aromatic heterocycles. The molecule has 0 aliphatic rings. The maximum atomic E-state index is 13.9. The Morgan fingerprint density at radius 3 is 2.55 bits per heavy atom. The van der Waals surface area contributed by atoms with Crippen molar-refractivity contribution >= 4 is 38.6 Å². The molecule has 0 saturated carbocycles. The zero-order valence-corrected chi connectivity index (χ0v) is 17.7. The average molecular weight is 434 g/mol. The largest absolute Gasteiger partial charge is 0.321 e. The van der Waals surface area contributed by atoms with Crippen molar-refractivity contribution in [3.05, 3.63) is 69.4 Å². The van der Waals surface area contributed by atoms with Crippen LogP contribution in [0.15, 0.2) is 47.4 Å². The van der Waals surface area contributed by atoms with Gasteiger partial charge < -0.3 is 5.32 Å². The van der Waals surface area contributed by atoms with Gasteiger partial charge in [-0.05, 0) is 50.1 Å². The van der Waals surface area contributed by atoms with Gasteiger partial charge in [0.25, 0.3) is 15.9 Å². The molecule has 0 unspecified atom stereocenters. The van der Waals surface area contributed by atoms with Crippen LogP contribution in [0.3, 0.4) is 0 Å². The van der Waals surface area contributed by atoms with Gasteiger partial charge in [-0.1, -0.05) is 25.1 Å². The molecule has 2 N–H and O–H groups in total. The molecule has 0 fully saturated rings. The fourth-order valence-corrected chi connectivity index (χ4v) is 4.95. The van der Waals surface area contributed by atoms with Gasteiger partial charge in [0.15, 0.2) is 0 Å². The number of sulfonamides is 1. The third kappa shape index (κ3) is 4.63. The van der Waals surface area contributed by atoms with E-state index < -0.39 is 15.8 Å². The number of nitrogens with one attached hydrogen (secondary N) is 2. The van der Waals surface area contributed by atoms with Gasteiger partial charge in [-0.3, -0.25) is 9.52 Å². The monoisotopic (exact) mass is 433 g/mol.